The maximum absolute atomic E-state index is 11.9. The lowest BCUT2D eigenvalue weighted by atomic mass is 10.1. The van der Waals surface area contributed by atoms with E-state index >= 15 is 0 Å². The minimum Gasteiger partial charge on any atom is -0.483 e. The minimum absolute atomic E-state index is 0.0652. The molecule has 120 valence electrons. The molecule has 2 heterocycles. The van der Waals surface area contributed by atoms with Crippen LogP contribution in [0.5, 0.6) is 5.75 Å². The number of aromatic nitrogens is 1. The van der Waals surface area contributed by atoms with E-state index in [9.17, 15) is 9.59 Å². The maximum Gasteiger partial charge on any atom is 0.290 e. The molecule has 1 saturated heterocycles. The Morgan fingerprint density at radius 3 is 3.05 bits per heavy atom. The number of carbonyl (C=O) groups excluding carboxylic acids is 1. The highest BCUT2D eigenvalue weighted by molar-refractivity contribution is 5.93. The number of hydrogen-bond donors (Lipinski definition) is 2. The van der Waals surface area contributed by atoms with Gasteiger partial charge in [0.1, 0.15) is 6.10 Å². The van der Waals surface area contributed by atoms with Gasteiger partial charge in [-0.15, -0.1) is 0 Å². The molecular formula is C17H24N2O3. The highest BCUT2D eigenvalue weighted by Crippen LogP contribution is 2.15. The Hall–Kier alpha value is -1.88. The number of aromatic amines is 1. The molecule has 1 aliphatic heterocycles. The molecule has 0 radical (unpaired) electrons. The molecule has 1 aromatic heterocycles. The van der Waals surface area contributed by atoms with Crippen LogP contribution in [-0.4, -0.2) is 29.5 Å². The zero-order valence-corrected chi connectivity index (χ0v) is 13.2. The third-order valence-corrected chi connectivity index (χ3v) is 3.83. The van der Waals surface area contributed by atoms with Crippen LogP contribution in [0, 0.1) is 0 Å². The van der Waals surface area contributed by atoms with Crippen molar-refractivity contribution in [3.05, 3.63) is 34.3 Å². The van der Waals surface area contributed by atoms with E-state index in [4.69, 9.17) is 4.74 Å². The molecule has 5 heteroatoms. The summed E-state index contributed by atoms with van der Waals surface area (Å²) in [5, 5.41) is 3.37. The van der Waals surface area contributed by atoms with Gasteiger partial charge in [0, 0.05) is 18.7 Å². The number of allylic oxidation sites excluding steroid dienone is 1. The van der Waals surface area contributed by atoms with E-state index in [-0.39, 0.29) is 23.5 Å². The largest absolute Gasteiger partial charge is 0.483 e. The van der Waals surface area contributed by atoms with E-state index in [0.717, 1.165) is 31.4 Å². The summed E-state index contributed by atoms with van der Waals surface area (Å²) in [7, 11) is 0. The van der Waals surface area contributed by atoms with Crippen LogP contribution in [0.15, 0.2) is 23.1 Å². The molecule has 0 aliphatic carbocycles. The Bertz CT molecular complexity index is 586. The van der Waals surface area contributed by atoms with Crippen molar-refractivity contribution in [3.63, 3.8) is 0 Å². The van der Waals surface area contributed by atoms with Crippen molar-refractivity contribution in [2.45, 2.75) is 51.7 Å². The minimum atomic E-state index is -0.248. The van der Waals surface area contributed by atoms with Gasteiger partial charge >= 0.3 is 0 Å². The van der Waals surface area contributed by atoms with Crippen molar-refractivity contribution in [1.82, 2.24) is 10.3 Å². The van der Waals surface area contributed by atoms with E-state index in [1.807, 2.05) is 13.8 Å². The zero-order valence-electron chi connectivity index (χ0n) is 13.2. The summed E-state index contributed by atoms with van der Waals surface area (Å²) >= 11 is 0. The van der Waals surface area contributed by atoms with Crippen LogP contribution >= 0.6 is 0 Å². The van der Waals surface area contributed by atoms with E-state index < -0.39 is 0 Å². The number of carbonyl (C=O) groups is 1. The lowest BCUT2D eigenvalue weighted by molar-refractivity contribution is -0.114. The van der Waals surface area contributed by atoms with Crippen molar-refractivity contribution in [1.29, 1.82) is 0 Å². The molecule has 1 aliphatic rings. The molecule has 0 aromatic carbocycles. The lowest BCUT2D eigenvalue weighted by Crippen LogP contribution is -2.37. The fourth-order valence-corrected chi connectivity index (χ4v) is 2.58. The van der Waals surface area contributed by atoms with Gasteiger partial charge in [0.15, 0.2) is 11.5 Å². The Balaban J connectivity index is 2.06. The summed E-state index contributed by atoms with van der Waals surface area (Å²) in [5.74, 6) is 0.381. The molecule has 22 heavy (non-hydrogen) atoms. The summed E-state index contributed by atoms with van der Waals surface area (Å²) in [5.41, 5.74) is 0.507. The van der Waals surface area contributed by atoms with Gasteiger partial charge in [0.2, 0.25) is 0 Å². The van der Waals surface area contributed by atoms with Crippen LogP contribution in [0.25, 0.3) is 6.08 Å². The molecule has 5 nitrogen and oxygen atoms in total. The first-order valence-corrected chi connectivity index (χ1v) is 7.94. The highest BCUT2D eigenvalue weighted by atomic mass is 16.5. The predicted octanol–water partition coefficient (Wildman–Crippen LogP) is 2.28. The summed E-state index contributed by atoms with van der Waals surface area (Å²) in [4.78, 5) is 26.0. The molecule has 2 atom stereocenters. The van der Waals surface area contributed by atoms with Crippen LogP contribution in [0.3, 0.4) is 0 Å². The van der Waals surface area contributed by atoms with E-state index in [1.165, 1.54) is 0 Å². The SMILES string of the molecule is CCCC(=O)C=Cc1c[nH]c(=O)c(OC(C)[C@@H]2CCCN2)c1. The van der Waals surface area contributed by atoms with Crippen molar-refractivity contribution in [3.8, 4) is 5.75 Å². The normalized spacial score (nSPS) is 19.5. The van der Waals surface area contributed by atoms with Crippen molar-refractivity contribution < 1.29 is 9.53 Å². The first kappa shape index (κ1) is 16.5. The average Bonchev–Trinajstić information content (AvgIpc) is 3.02. The fraction of sp³-hybridized carbons (Fsp3) is 0.529. The molecule has 1 aromatic rings. The third kappa shape index (κ3) is 4.56. The average molecular weight is 304 g/mol. The summed E-state index contributed by atoms with van der Waals surface area (Å²) in [6, 6.07) is 1.96. The number of ketones is 1. The van der Waals surface area contributed by atoms with Crippen LogP contribution in [-0.2, 0) is 4.79 Å². The highest BCUT2D eigenvalue weighted by Gasteiger charge is 2.22. The molecule has 1 fully saturated rings. The van der Waals surface area contributed by atoms with Gasteiger partial charge in [-0.3, -0.25) is 9.59 Å². The molecule has 2 rings (SSSR count). The first-order chi connectivity index (χ1) is 10.6. The van der Waals surface area contributed by atoms with Gasteiger partial charge in [-0.2, -0.15) is 0 Å². The second-order valence-electron chi connectivity index (χ2n) is 5.70. The molecule has 1 unspecified atom stereocenters. The van der Waals surface area contributed by atoms with E-state index in [0.29, 0.717) is 12.2 Å². The van der Waals surface area contributed by atoms with Gasteiger partial charge in [-0.1, -0.05) is 6.92 Å². The Morgan fingerprint density at radius 2 is 2.36 bits per heavy atom. The van der Waals surface area contributed by atoms with Crippen molar-refractivity contribution in [2.24, 2.45) is 0 Å². The number of ether oxygens (including phenoxy) is 1. The van der Waals surface area contributed by atoms with Crippen LogP contribution < -0.4 is 15.6 Å². The van der Waals surface area contributed by atoms with Gasteiger partial charge in [-0.05, 0) is 56.5 Å². The quantitative estimate of drug-likeness (QED) is 0.758. The van der Waals surface area contributed by atoms with Crippen LogP contribution in [0.1, 0.15) is 45.1 Å². The third-order valence-electron chi connectivity index (χ3n) is 3.83. The van der Waals surface area contributed by atoms with Gasteiger partial charge in [0.05, 0.1) is 0 Å². The molecular weight excluding hydrogens is 280 g/mol. The standard InChI is InChI=1S/C17H24N2O3/c1-3-5-14(20)8-7-13-10-16(17(21)19-11-13)22-12(2)15-6-4-9-18-15/h7-8,10-12,15,18H,3-6,9H2,1-2H3,(H,19,21)/t12?,15-/m0/s1. The second kappa shape index (κ2) is 7.94. The summed E-state index contributed by atoms with van der Waals surface area (Å²) < 4.78 is 5.80. The van der Waals surface area contributed by atoms with Gasteiger partial charge < -0.3 is 15.0 Å². The molecule has 0 bridgehead atoms. The van der Waals surface area contributed by atoms with E-state index in [1.54, 1.807) is 24.4 Å². The summed E-state index contributed by atoms with van der Waals surface area (Å²) in [6.07, 6.45) is 8.33. The van der Waals surface area contributed by atoms with Gasteiger partial charge in [-0.25, -0.2) is 0 Å². The van der Waals surface area contributed by atoms with Crippen molar-refractivity contribution >= 4 is 11.9 Å². The Kier molecular flexibility index (Phi) is 5.95. The lowest BCUT2D eigenvalue weighted by Gasteiger charge is -2.20. The number of H-pyrrole nitrogens is 1. The predicted molar refractivity (Wildman–Crippen MR) is 87.1 cm³/mol. The second-order valence-corrected chi connectivity index (χ2v) is 5.70. The summed E-state index contributed by atoms with van der Waals surface area (Å²) in [6.45, 7) is 4.93. The molecule has 0 spiro atoms. The van der Waals surface area contributed by atoms with Gasteiger partial charge in [0.25, 0.3) is 5.56 Å². The zero-order chi connectivity index (χ0) is 15.9. The molecule has 0 amide bonds. The smallest absolute Gasteiger partial charge is 0.290 e. The fourth-order valence-electron chi connectivity index (χ4n) is 2.58. The first-order valence-electron chi connectivity index (χ1n) is 7.94. The number of hydrogen-bond acceptors (Lipinski definition) is 4. The number of nitrogens with one attached hydrogen (secondary N) is 2. The molecule has 2 N–H and O–H groups in total. The van der Waals surface area contributed by atoms with Crippen LogP contribution in [0.2, 0.25) is 0 Å². The maximum atomic E-state index is 11.9. The topological polar surface area (TPSA) is 71.2 Å². The van der Waals surface area contributed by atoms with Crippen molar-refractivity contribution in [2.75, 3.05) is 6.54 Å². The van der Waals surface area contributed by atoms with Crippen LogP contribution in [0.4, 0.5) is 0 Å². The Labute approximate surface area is 130 Å². The van der Waals surface area contributed by atoms with E-state index in [2.05, 4.69) is 10.3 Å². The molecule has 0 saturated carbocycles. The Morgan fingerprint density at radius 1 is 1.55 bits per heavy atom. The number of rotatable bonds is 7. The monoisotopic (exact) mass is 304 g/mol. The number of pyridine rings is 1.